The van der Waals surface area contributed by atoms with Gasteiger partial charge in [0.25, 0.3) is 0 Å². The van der Waals surface area contributed by atoms with Crippen molar-refractivity contribution >= 4 is 0 Å². The molecule has 1 saturated carbocycles. The highest BCUT2D eigenvalue weighted by Gasteiger charge is 2.16. The van der Waals surface area contributed by atoms with Gasteiger partial charge < -0.3 is 4.74 Å². The second kappa shape index (κ2) is 5.38. The zero-order valence-electron chi connectivity index (χ0n) is 10.4. The maximum Gasteiger partial charge on any atom is 0.123 e. The lowest BCUT2D eigenvalue weighted by atomic mass is 9.97. The molecule has 0 heterocycles. The lowest BCUT2D eigenvalue weighted by molar-refractivity contribution is 0.153. The first-order valence-electron chi connectivity index (χ1n) is 6.53. The molecule has 0 unspecified atom stereocenters. The van der Waals surface area contributed by atoms with Crippen LogP contribution in [0.4, 0.5) is 0 Å². The normalized spacial score (nSPS) is 17.7. The summed E-state index contributed by atoms with van der Waals surface area (Å²) in [7, 11) is 0. The summed E-state index contributed by atoms with van der Waals surface area (Å²) in [6.07, 6.45) is 6.95. The zero-order valence-corrected chi connectivity index (χ0v) is 10.4. The van der Waals surface area contributed by atoms with Crippen LogP contribution in [0, 0.1) is 0 Å². The van der Waals surface area contributed by atoms with Crippen molar-refractivity contribution in [2.45, 2.75) is 58.0 Å². The molecule has 88 valence electrons. The van der Waals surface area contributed by atoms with Gasteiger partial charge in [-0.1, -0.05) is 38.5 Å². The first-order chi connectivity index (χ1) is 7.77. The van der Waals surface area contributed by atoms with Gasteiger partial charge in [0.05, 0.1) is 6.10 Å². The largest absolute Gasteiger partial charge is 0.490 e. The molecular weight excluding hydrogens is 196 g/mol. The van der Waals surface area contributed by atoms with Crippen molar-refractivity contribution < 1.29 is 4.74 Å². The Morgan fingerprint density at radius 1 is 1.06 bits per heavy atom. The highest BCUT2D eigenvalue weighted by Crippen LogP contribution is 2.29. The van der Waals surface area contributed by atoms with Crippen LogP contribution in [0.5, 0.6) is 5.75 Å². The van der Waals surface area contributed by atoms with Crippen LogP contribution >= 0.6 is 0 Å². The van der Waals surface area contributed by atoms with Gasteiger partial charge in [0.2, 0.25) is 0 Å². The third-order valence-corrected chi connectivity index (χ3v) is 3.39. The van der Waals surface area contributed by atoms with Crippen LogP contribution in [0.1, 0.15) is 57.4 Å². The summed E-state index contributed by atoms with van der Waals surface area (Å²) < 4.78 is 6.15. The molecule has 0 aromatic heterocycles. The molecule has 1 aliphatic carbocycles. The van der Waals surface area contributed by atoms with E-state index in [0.717, 1.165) is 5.75 Å². The van der Waals surface area contributed by atoms with Crippen LogP contribution in [0.15, 0.2) is 24.3 Å². The van der Waals surface area contributed by atoms with Crippen LogP contribution in [0.25, 0.3) is 0 Å². The van der Waals surface area contributed by atoms with Crippen LogP contribution < -0.4 is 4.74 Å². The summed E-state index contributed by atoms with van der Waals surface area (Å²) in [6.45, 7) is 4.45. The Hall–Kier alpha value is -0.980. The molecule has 0 amide bonds. The summed E-state index contributed by atoms with van der Waals surface area (Å²) >= 11 is 0. The van der Waals surface area contributed by atoms with Gasteiger partial charge in [-0.05, 0) is 43.2 Å². The van der Waals surface area contributed by atoms with Crippen LogP contribution in [0.3, 0.4) is 0 Å². The molecule has 0 spiro atoms. The van der Waals surface area contributed by atoms with Gasteiger partial charge in [-0.2, -0.15) is 0 Å². The highest BCUT2D eigenvalue weighted by molar-refractivity contribution is 5.35. The van der Waals surface area contributed by atoms with Crippen molar-refractivity contribution in [2.24, 2.45) is 0 Å². The average Bonchev–Trinajstić information content (AvgIpc) is 2.31. The van der Waals surface area contributed by atoms with E-state index in [1.165, 1.54) is 37.7 Å². The standard InChI is InChI=1S/C15H22O/c1-12(2)14-10-6-7-11-15(14)16-13-8-4-3-5-9-13/h6-7,10-13H,3-5,8-9H2,1-2H3. The Balaban J connectivity index is 2.07. The van der Waals surface area contributed by atoms with Gasteiger partial charge in [0.1, 0.15) is 5.75 Å². The van der Waals surface area contributed by atoms with Crippen molar-refractivity contribution in [1.82, 2.24) is 0 Å². The monoisotopic (exact) mass is 218 g/mol. The fourth-order valence-corrected chi connectivity index (χ4v) is 2.43. The minimum Gasteiger partial charge on any atom is -0.490 e. The van der Waals surface area contributed by atoms with Crippen molar-refractivity contribution in [3.63, 3.8) is 0 Å². The van der Waals surface area contributed by atoms with Gasteiger partial charge in [0, 0.05) is 0 Å². The zero-order chi connectivity index (χ0) is 11.4. The van der Waals surface area contributed by atoms with E-state index in [2.05, 4.69) is 38.1 Å². The van der Waals surface area contributed by atoms with Crippen molar-refractivity contribution in [3.05, 3.63) is 29.8 Å². The molecule has 0 aliphatic heterocycles. The summed E-state index contributed by atoms with van der Waals surface area (Å²) in [4.78, 5) is 0. The third-order valence-electron chi connectivity index (χ3n) is 3.39. The molecule has 0 saturated heterocycles. The molecule has 1 heteroatoms. The topological polar surface area (TPSA) is 9.23 Å². The molecule has 0 bridgehead atoms. The first kappa shape index (κ1) is 11.5. The van der Waals surface area contributed by atoms with Crippen molar-refractivity contribution in [2.75, 3.05) is 0 Å². The number of benzene rings is 1. The van der Waals surface area contributed by atoms with Crippen molar-refractivity contribution in [3.8, 4) is 5.75 Å². The molecule has 1 fully saturated rings. The molecule has 1 aliphatic rings. The Labute approximate surface area is 98.8 Å². The van der Waals surface area contributed by atoms with Crippen molar-refractivity contribution in [1.29, 1.82) is 0 Å². The number of para-hydroxylation sites is 1. The van der Waals surface area contributed by atoms with E-state index in [1.54, 1.807) is 0 Å². The third kappa shape index (κ3) is 2.78. The lowest BCUT2D eigenvalue weighted by Crippen LogP contribution is -2.20. The van der Waals surface area contributed by atoms with Gasteiger partial charge >= 0.3 is 0 Å². The smallest absolute Gasteiger partial charge is 0.123 e. The molecule has 0 N–H and O–H groups in total. The Bertz CT molecular complexity index is 324. The number of rotatable bonds is 3. The van der Waals surface area contributed by atoms with Gasteiger partial charge in [0.15, 0.2) is 0 Å². The Morgan fingerprint density at radius 2 is 1.75 bits per heavy atom. The van der Waals surface area contributed by atoms with Crippen LogP contribution in [-0.2, 0) is 0 Å². The van der Waals surface area contributed by atoms with Crippen LogP contribution in [0.2, 0.25) is 0 Å². The predicted octanol–water partition coefficient (Wildman–Crippen LogP) is 4.52. The summed E-state index contributed by atoms with van der Waals surface area (Å²) in [5, 5.41) is 0. The number of ether oxygens (including phenoxy) is 1. The molecule has 2 rings (SSSR count). The highest BCUT2D eigenvalue weighted by atomic mass is 16.5. The molecule has 0 atom stereocenters. The SMILES string of the molecule is CC(C)c1ccccc1OC1CCCCC1. The van der Waals surface area contributed by atoms with E-state index in [-0.39, 0.29) is 0 Å². The number of hydrogen-bond acceptors (Lipinski definition) is 1. The average molecular weight is 218 g/mol. The van der Waals surface area contributed by atoms with E-state index in [9.17, 15) is 0 Å². The van der Waals surface area contributed by atoms with Gasteiger partial charge in [-0.25, -0.2) is 0 Å². The summed E-state index contributed by atoms with van der Waals surface area (Å²) in [6, 6.07) is 8.47. The number of hydrogen-bond donors (Lipinski definition) is 0. The maximum absolute atomic E-state index is 6.15. The van der Waals surface area contributed by atoms with E-state index in [4.69, 9.17) is 4.74 Å². The summed E-state index contributed by atoms with van der Waals surface area (Å²) in [5.41, 5.74) is 1.34. The van der Waals surface area contributed by atoms with Crippen LogP contribution in [-0.4, -0.2) is 6.10 Å². The van der Waals surface area contributed by atoms with Gasteiger partial charge in [-0.3, -0.25) is 0 Å². The molecule has 1 aromatic carbocycles. The maximum atomic E-state index is 6.15. The molecular formula is C15H22O. The second-order valence-corrected chi connectivity index (χ2v) is 5.07. The molecule has 1 aromatic rings. The van der Waals surface area contributed by atoms with Gasteiger partial charge in [-0.15, -0.1) is 0 Å². The minimum absolute atomic E-state index is 0.452. The summed E-state index contributed by atoms with van der Waals surface area (Å²) in [5.74, 6) is 1.64. The Morgan fingerprint density at radius 3 is 2.44 bits per heavy atom. The fraction of sp³-hybridized carbons (Fsp3) is 0.600. The molecule has 16 heavy (non-hydrogen) atoms. The fourth-order valence-electron chi connectivity index (χ4n) is 2.43. The molecule has 1 nitrogen and oxygen atoms in total. The van der Waals surface area contributed by atoms with E-state index in [1.807, 2.05) is 0 Å². The first-order valence-corrected chi connectivity index (χ1v) is 6.53. The van der Waals surface area contributed by atoms with E-state index < -0.39 is 0 Å². The van der Waals surface area contributed by atoms with E-state index >= 15 is 0 Å². The van der Waals surface area contributed by atoms with E-state index in [0.29, 0.717) is 12.0 Å². The lowest BCUT2D eigenvalue weighted by Gasteiger charge is -2.25. The second-order valence-electron chi connectivity index (χ2n) is 5.07. The Kier molecular flexibility index (Phi) is 3.87. The quantitative estimate of drug-likeness (QED) is 0.724. The molecule has 0 radical (unpaired) electrons. The predicted molar refractivity (Wildman–Crippen MR) is 68.0 cm³/mol. The minimum atomic E-state index is 0.452.